The summed E-state index contributed by atoms with van der Waals surface area (Å²) in [6.45, 7) is 2.36. The largest absolute Gasteiger partial charge is 0.391 e. The Balaban J connectivity index is 0.00000144. The standard InChI is InChI=1S/C16H20N4O2.2ClH/c21-15-10-17-8-13(15)9-18-16(22)14-5-2-1-4-12(14)11-20-7-3-6-19-20;;/h1-7,13,15,17,21H,8-11H2,(H,18,22);2*1H. The number of rotatable bonds is 5. The molecule has 8 heteroatoms. The van der Waals surface area contributed by atoms with E-state index in [4.69, 9.17) is 0 Å². The van der Waals surface area contributed by atoms with E-state index in [1.54, 1.807) is 10.9 Å². The molecule has 1 saturated heterocycles. The number of halogens is 2. The van der Waals surface area contributed by atoms with E-state index < -0.39 is 0 Å². The molecule has 2 unspecified atom stereocenters. The Labute approximate surface area is 153 Å². The van der Waals surface area contributed by atoms with E-state index >= 15 is 0 Å². The third kappa shape index (κ3) is 4.95. The quantitative estimate of drug-likeness (QED) is 0.733. The van der Waals surface area contributed by atoms with Gasteiger partial charge in [0, 0.05) is 43.5 Å². The van der Waals surface area contributed by atoms with Crippen molar-refractivity contribution in [1.29, 1.82) is 0 Å². The van der Waals surface area contributed by atoms with Crippen LogP contribution in [0, 0.1) is 5.92 Å². The Kier molecular flexibility index (Phi) is 8.21. The maximum atomic E-state index is 12.4. The van der Waals surface area contributed by atoms with Crippen molar-refractivity contribution in [3.63, 3.8) is 0 Å². The lowest BCUT2D eigenvalue weighted by Gasteiger charge is -2.15. The zero-order valence-corrected chi connectivity index (χ0v) is 14.7. The van der Waals surface area contributed by atoms with Crippen LogP contribution in [0.5, 0.6) is 0 Å². The van der Waals surface area contributed by atoms with Gasteiger partial charge in [-0.05, 0) is 17.7 Å². The Morgan fingerprint density at radius 3 is 2.75 bits per heavy atom. The van der Waals surface area contributed by atoms with Crippen molar-refractivity contribution in [2.75, 3.05) is 19.6 Å². The van der Waals surface area contributed by atoms with E-state index in [1.165, 1.54) is 0 Å². The second-order valence-electron chi connectivity index (χ2n) is 5.56. The Morgan fingerprint density at radius 1 is 1.29 bits per heavy atom. The summed E-state index contributed by atoms with van der Waals surface area (Å²) in [6, 6.07) is 9.38. The van der Waals surface area contributed by atoms with Crippen molar-refractivity contribution in [1.82, 2.24) is 20.4 Å². The van der Waals surface area contributed by atoms with Crippen molar-refractivity contribution < 1.29 is 9.90 Å². The number of aromatic nitrogens is 2. The number of carbonyl (C=O) groups excluding carboxylic acids is 1. The Hall–Kier alpha value is -1.60. The zero-order chi connectivity index (χ0) is 15.4. The summed E-state index contributed by atoms with van der Waals surface area (Å²) in [6.07, 6.45) is 3.20. The lowest BCUT2D eigenvalue weighted by Crippen LogP contribution is -2.34. The van der Waals surface area contributed by atoms with Gasteiger partial charge in [0.25, 0.3) is 5.91 Å². The van der Waals surface area contributed by atoms with Gasteiger partial charge in [0.1, 0.15) is 0 Å². The lowest BCUT2D eigenvalue weighted by atomic mass is 10.0. The molecule has 3 rings (SSSR count). The number of nitrogens with zero attached hydrogens (tertiary/aromatic N) is 2. The van der Waals surface area contributed by atoms with Crippen LogP contribution in [0.1, 0.15) is 15.9 Å². The summed E-state index contributed by atoms with van der Waals surface area (Å²) in [5.74, 6) is -0.0379. The van der Waals surface area contributed by atoms with Crippen LogP contribution < -0.4 is 10.6 Å². The van der Waals surface area contributed by atoms with Crippen LogP contribution in [0.2, 0.25) is 0 Å². The van der Waals surface area contributed by atoms with Gasteiger partial charge < -0.3 is 15.7 Å². The second kappa shape index (κ2) is 9.64. The number of hydrogen-bond acceptors (Lipinski definition) is 4. The first kappa shape index (κ1) is 20.4. The number of nitrogens with one attached hydrogen (secondary N) is 2. The molecule has 0 radical (unpaired) electrons. The predicted molar refractivity (Wildman–Crippen MR) is 97.0 cm³/mol. The maximum Gasteiger partial charge on any atom is 0.251 e. The molecule has 132 valence electrons. The van der Waals surface area contributed by atoms with Gasteiger partial charge in [-0.1, -0.05) is 18.2 Å². The minimum absolute atomic E-state index is 0. The molecule has 0 spiro atoms. The molecular formula is C16H22Cl2N4O2. The van der Waals surface area contributed by atoms with Crippen LogP contribution in [-0.2, 0) is 6.54 Å². The van der Waals surface area contributed by atoms with Crippen molar-refractivity contribution in [2.24, 2.45) is 5.92 Å². The van der Waals surface area contributed by atoms with Crippen molar-refractivity contribution in [3.8, 4) is 0 Å². The minimum Gasteiger partial charge on any atom is -0.391 e. The van der Waals surface area contributed by atoms with Crippen LogP contribution >= 0.6 is 24.8 Å². The fourth-order valence-electron chi connectivity index (χ4n) is 2.69. The normalized spacial score (nSPS) is 19.2. The molecule has 1 aromatic carbocycles. The molecule has 0 bridgehead atoms. The minimum atomic E-state index is -0.389. The summed E-state index contributed by atoms with van der Waals surface area (Å²) in [4.78, 5) is 12.4. The van der Waals surface area contributed by atoms with Crippen LogP contribution in [0.3, 0.4) is 0 Å². The number of amides is 1. The summed E-state index contributed by atoms with van der Waals surface area (Å²) in [7, 11) is 0. The fraction of sp³-hybridized carbons (Fsp3) is 0.375. The molecule has 2 aromatic rings. The van der Waals surface area contributed by atoms with Gasteiger partial charge in [0.2, 0.25) is 0 Å². The highest BCUT2D eigenvalue weighted by Gasteiger charge is 2.25. The first-order valence-corrected chi connectivity index (χ1v) is 7.46. The number of carbonyl (C=O) groups is 1. The summed E-state index contributed by atoms with van der Waals surface area (Å²) in [5.41, 5.74) is 1.58. The zero-order valence-electron chi connectivity index (χ0n) is 13.1. The molecule has 1 amide bonds. The number of benzene rings is 1. The molecule has 2 heterocycles. The van der Waals surface area contributed by atoms with Crippen LogP contribution in [0.15, 0.2) is 42.7 Å². The fourth-order valence-corrected chi connectivity index (χ4v) is 2.69. The monoisotopic (exact) mass is 372 g/mol. The molecular weight excluding hydrogens is 351 g/mol. The van der Waals surface area contributed by atoms with E-state index in [0.29, 0.717) is 25.2 Å². The van der Waals surface area contributed by atoms with Crippen LogP contribution in [-0.4, -0.2) is 46.5 Å². The molecule has 1 aliphatic rings. The third-order valence-electron chi connectivity index (χ3n) is 3.98. The van der Waals surface area contributed by atoms with Gasteiger partial charge in [-0.2, -0.15) is 5.10 Å². The average molecular weight is 373 g/mol. The number of aliphatic hydroxyl groups excluding tert-OH is 1. The molecule has 6 nitrogen and oxygen atoms in total. The first-order chi connectivity index (χ1) is 10.7. The van der Waals surface area contributed by atoms with Gasteiger partial charge in [0.15, 0.2) is 0 Å². The highest BCUT2D eigenvalue weighted by Crippen LogP contribution is 2.12. The Bertz CT molecular complexity index is 637. The molecule has 3 N–H and O–H groups in total. The molecule has 2 atom stereocenters. The van der Waals surface area contributed by atoms with Crippen molar-refractivity contribution in [2.45, 2.75) is 12.6 Å². The van der Waals surface area contributed by atoms with Crippen molar-refractivity contribution in [3.05, 3.63) is 53.9 Å². The van der Waals surface area contributed by atoms with Gasteiger partial charge in [-0.3, -0.25) is 9.48 Å². The predicted octanol–water partition coefficient (Wildman–Crippen LogP) is 1.09. The maximum absolute atomic E-state index is 12.4. The highest BCUT2D eigenvalue weighted by atomic mass is 35.5. The van der Waals surface area contributed by atoms with Crippen LogP contribution in [0.25, 0.3) is 0 Å². The van der Waals surface area contributed by atoms with Gasteiger partial charge in [0.05, 0.1) is 12.6 Å². The molecule has 1 aromatic heterocycles. The SMILES string of the molecule is Cl.Cl.O=C(NCC1CNCC1O)c1ccccc1Cn1cccn1. The topological polar surface area (TPSA) is 79.2 Å². The van der Waals surface area contributed by atoms with E-state index in [9.17, 15) is 9.90 Å². The smallest absolute Gasteiger partial charge is 0.251 e. The van der Waals surface area contributed by atoms with E-state index in [2.05, 4.69) is 15.7 Å². The lowest BCUT2D eigenvalue weighted by molar-refractivity contribution is 0.0926. The summed E-state index contributed by atoms with van der Waals surface area (Å²) in [5, 5.41) is 20.0. The Morgan fingerprint density at radius 2 is 2.08 bits per heavy atom. The summed E-state index contributed by atoms with van der Waals surface area (Å²) < 4.78 is 1.79. The number of aliphatic hydroxyl groups is 1. The molecule has 1 fully saturated rings. The molecule has 0 saturated carbocycles. The number of hydrogen-bond donors (Lipinski definition) is 3. The van der Waals surface area contributed by atoms with Crippen LogP contribution in [0.4, 0.5) is 0 Å². The van der Waals surface area contributed by atoms with E-state index in [0.717, 1.165) is 12.1 Å². The van der Waals surface area contributed by atoms with E-state index in [1.807, 2.05) is 36.5 Å². The molecule has 1 aliphatic heterocycles. The van der Waals surface area contributed by atoms with Crippen molar-refractivity contribution >= 4 is 30.7 Å². The van der Waals surface area contributed by atoms with Gasteiger partial charge in [-0.15, -0.1) is 24.8 Å². The third-order valence-corrected chi connectivity index (χ3v) is 3.98. The molecule has 24 heavy (non-hydrogen) atoms. The average Bonchev–Trinajstić information content (AvgIpc) is 3.17. The van der Waals surface area contributed by atoms with Gasteiger partial charge in [-0.25, -0.2) is 0 Å². The highest BCUT2D eigenvalue weighted by molar-refractivity contribution is 5.95. The van der Waals surface area contributed by atoms with Gasteiger partial charge >= 0.3 is 0 Å². The number of β-amino-alcohol motifs (C(OH)–C–C–N with tert-alkyl or cyclic N) is 1. The molecule has 0 aliphatic carbocycles. The summed E-state index contributed by atoms with van der Waals surface area (Å²) >= 11 is 0. The van der Waals surface area contributed by atoms with E-state index in [-0.39, 0.29) is 42.7 Å². The second-order valence-corrected chi connectivity index (χ2v) is 5.56. The first-order valence-electron chi connectivity index (χ1n) is 7.46.